The average molecular weight is 512 g/mol. The number of rotatable bonds is 9. The number of para-hydroxylation sites is 1. The number of hydrogen-bond donors (Lipinski definition) is 1. The minimum atomic E-state index is -0.904. The summed E-state index contributed by atoms with van der Waals surface area (Å²) in [4.78, 5) is 32.0. The molecule has 1 atom stereocenters. The maximum absolute atomic E-state index is 13.3. The second kappa shape index (κ2) is 10.7. The fourth-order valence-electron chi connectivity index (χ4n) is 4.37. The summed E-state index contributed by atoms with van der Waals surface area (Å²) in [7, 11) is 4.46. The lowest BCUT2D eigenvalue weighted by Crippen LogP contribution is -2.31. The van der Waals surface area contributed by atoms with E-state index >= 15 is 0 Å². The first kappa shape index (κ1) is 25.1. The third-order valence-electron chi connectivity index (χ3n) is 6.07. The third kappa shape index (κ3) is 4.61. The number of amides is 1. The maximum Gasteiger partial charge on any atom is 0.295 e. The van der Waals surface area contributed by atoms with Crippen LogP contribution in [0.4, 0.5) is 0 Å². The minimum Gasteiger partial charge on any atom is -0.507 e. The Balaban J connectivity index is 1.83. The van der Waals surface area contributed by atoms with Crippen molar-refractivity contribution >= 4 is 29.1 Å². The molecule has 1 unspecified atom stereocenters. The molecule has 2 heterocycles. The summed E-state index contributed by atoms with van der Waals surface area (Å²) in [6, 6.07) is 8.95. The molecule has 188 valence electrons. The topological polar surface area (TPSA) is 103 Å². The lowest BCUT2D eigenvalue weighted by atomic mass is 9.94. The predicted octanol–water partition coefficient (Wildman–Crippen LogP) is 4.07. The summed E-state index contributed by atoms with van der Waals surface area (Å²) in [5.41, 5.74) is 0.735. The molecule has 2 aromatic carbocycles. The van der Waals surface area contributed by atoms with Crippen LogP contribution in [0, 0.1) is 0 Å². The molecule has 0 saturated carbocycles. The Hall–Kier alpha value is -3.98. The number of likely N-dealkylation sites (tertiary alicyclic amines) is 1. The minimum absolute atomic E-state index is 0.0598. The van der Waals surface area contributed by atoms with E-state index in [1.807, 2.05) is 10.8 Å². The Bertz CT molecular complexity index is 1310. The van der Waals surface area contributed by atoms with Crippen molar-refractivity contribution in [1.29, 1.82) is 0 Å². The molecule has 4 rings (SSSR count). The number of nitrogens with zero attached hydrogens (tertiary/aromatic N) is 3. The van der Waals surface area contributed by atoms with Crippen molar-refractivity contribution in [1.82, 2.24) is 14.5 Å². The van der Waals surface area contributed by atoms with E-state index in [1.165, 1.54) is 32.3 Å². The van der Waals surface area contributed by atoms with Crippen LogP contribution in [0.1, 0.15) is 23.6 Å². The van der Waals surface area contributed by atoms with Gasteiger partial charge in [0.05, 0.1) is 44.3 Å². The van der Waals surface area contributed by atoms with E-state index in [9.17, 15) is 14.7 Å². The number of hydrogen-bond acceptors (Lipinski definition) is 7. The average Bonchev–Trinajstić information content (AvgIpc) is 3.50. The van der Waals surface area contributed by atoms with Gasteiger partial charge in [-0.1, -0.05) is 23.7 Å². The molecule has 1 fully saturated rings. The largest absolute Gasteiger partial charge is 0.507 e. The number of imidazole rings is 1. The first-order valence-electron chi connectivity index (χ1n) is 11.2. The van der Waals surface area contributed by atoms with Crippen LogP contribution >= 0.6 is 11.6 Å². The molecule has 1 aliphatic rings. The van der Waals surface area contributed by atoms with Gasteiger partial charge < -0.3 is 28.8 Å². The SMILES string of the molecule is COc1ccc(/C(O)=C2\C(=O)C(=O)N(CCCn3ccnc3)C2c2cccc(OC)c2OC)cc1Cl. The van der Waals surface area contributed by atoms with Crippen LogP contribution in [-0.4, -0.2) is 59.1 Å². The van der Waals surface area contributed by atoms with Crippen LogP contribution in [-0.2, 0) is 16.1 Å². The van der Waals surface area contributed by atoms with Gasteiger partial charge in [-0.05, 0) is 30.7 Å². The van der Waals surface area contributed by atoms with Crippen molar-refractivity contribution in [3.05, 3.63) is 76.8 Å². The van der Waals surface area contributed by atoms with E-state index in [2.05, 4.69) is 4.98 Å². The van der Waals surface area contributed by atoms with Crippen molar-refractivity contribution in [2.75, 3.05) is 27.9 Å². The van der Waals surface area contributed by atoms with E-state index in [-0.39, 0.29) is 28.5 Å². The molecule has 0 spiro atoms. The third-order valence-corrected chi connectivity index (χ3v) is 6.36. The molecule has 0 radical (unpaired) electrons. The molecule has 3 aromatic rings. The summed E-state index contributed by atoms with van der Waals surface area (Å²) in [5.74, 6) is -0.630. The lowest BCUT2D eigenvalue weighted by Gasteiger charge is -2.27. The number of aromatic nitrogens is 2. The predicted molar refractivity (Wildman–Crippen MR) is 133 cm³/mol. The van der Waals surface area contributed by atoms with Crippen molar-refractivity contribution in [2.45, 2.75) is 19.0 Å². The van der Waals surface area contributed by atoms with E-state index in [0.717, 1.165) is 0 Å². The Morgan fingerprint density at radius 2 is 1.83 bits per heavy atom. The number of Topliss-reactive ketones (excluding diaryl/α,β-unsaturated/α-hetero) is 1. The number of aliphatic hydroxyl groups excluding tert-OH is 1. The summed E-state index contributed by atoms with van der Waals surface area (Å²) in [6.45, 7) is 0.854. The highest BCUT2D eigenvalue weighted by atomic mass is 35.5. The molecule has 1 amide bonds. The van der Waals surface area contributed by atoms with E-state index in [0.29, 0.717) is 35.8 Å². The highest BCUT2D eigenvalue weighted by Crippen LogP contribution is 2.45. The standard InChI is InChI=1S/C26H26ClN3O6/c1-34-19-9-8-16(14-18(19)27)23(31)21-22(17-6-4-7-20(35-2)25(17)36-3)30(26(33)24(21)32)12-5-11-29-13-10-28-15-29/h4,6-10,13-15,22,31H,5,11-12H2,1-3H3/b23-21+. The molecule has 1 aliphatic heterocycles. The molecular weight excluding hydrogens is 486 g/mol. The van der Waals surface area contributed by atoms with Gasteiger partial charge in [0.25, 0.3) is 11.7 Å². The van der Waals surface area contributed by atoms with Crippen LogP contribution in [0.5, 0.6) is 17.2 Å². The van der Waals surface area contributed by atoms with Gasteiger partial charge in [0.2, 0.25) is 0 Å². The van der Waals surface area contributed by atoms with E-state index in [1.54, 1.807) is 42.9 Å². The van der Waals surface area contributed by atoms with Gasteiger partial charge in [0, 0.05) is 36.6 Å². The number of carbonyl (C=O) groups is 2. The van der Waals surface area contributed by atoms with Crippen molar-refractivity contribution in [2.24, 2.45) is 0 Å². The first-order chi connectivity index (χ1) is 17.4. The van der Waals surface area contributed by atoms with Crippen LogP contribution in [0.2, 0.25) is 5.02 Å². The zero-order chi connectivity index (χ0) is 25.8. The molecule has 1 N–H and O–H groups in total. The van der Waals surface area contributed by atoms with Crippen LogP contribution in [0.25, 0.3) is 5.76 Å². The fourth-order valence-corrected chi connectivity index (χ4v) is 4.63. The Morgan fingerprint density at radius 3 is 2.47 bits per heavy atom. The summed E-state index contributed by atoms with van der Waals surface area (Å²) in [5, 5.41) is 11.6. The Kier molecular flexibility index (Phi) is 7.49. The van der Waals surface area contributed by atoms with Crippen molar-refractivity contribution in [3.8, 4) is 17.2 Å². The van der Waals surface area contributed by atoms with Crippen molar-refractivity contribution in [3.63, 3.8) is 0 Å². The van der Waals surface area contributed by atoms with Crippen LogP contribution < -0.4 is 14.2 Å². The lowest BCUT2D eigenvalue weighted by molar-refractivity contribution is -0.140. The van der Waals surface area contributed by atoms with Crippen LogP contribution in [0.3, 0.4) is 0 Å². The molecule has 0 bridgehead atoms. The summed E-state index contributed by atoms with van der Waals surface area (Å²) < 4.78 is 18.1. The fraction of sp³-hybridized carbons (Fsp3) is 0.269. The molecule has 0 aliphatic carbocycles. The first-order valence-corrected chi connectivity index (χ1v) is 11.6. The maximum atomic E-state index is 13.3. The van der Waals surface area contributed by atoms with E-state index < -0.39 is 17.7 Å². The second-order valence-corrected chi connectivity index (χ2v) is 8.49. The monoisotopic (exact) mass is 511 g/mol. The van der Waals surface area contributed by atoms with Gasteiger partial charge >= 0.3 is 0 Å². The molecule has 1 saturated heterocycles. The summed E-state index contributed by atoms with van der Waals surface area (Å²) >= 11 is 6.27. The number of ether oxygens (including phenoxy) is 3. The van der Waals surface area contributed by atoms with Gasteiger partial charge in [0.1, 0.15) is 11.5 Å². The zero-order valence-corrected chi connectivity index (χ0v) is 20.9. The molecule has 10 heteroatoms. The number of carbonyl (C=O) groups excluding carboxylic acids is 2. The van der Waals surface area contributed by atoms with Gasteiger partial charge in [0.15, 0.2) is 11.5 Å². The Morgan fingerprint density at radius 1 is 1.06 bits per heavy atom. The van der Waals surface area contributed by atoms with Gasteiger partial charge in [-0.3, -0.25) is 9.59 Å². The number of benzene rings is 2. The van der Waals surface area contributed by atoms with Gasteiger partial charge in [-0.2, -0.15) is 0 Å². The number of aryl methyl sites for hydroxylation is 1. The zero-order valence-electron chi connectivity index (χ0n) is 20.1. The van der Waals surface area contributed by atoms with E-state index in [4.69, 9.17) is 25.8 Å². The highest BCUT2D eigenvalue weighted by molar-refractivity contribution is 6.46. The summed E-state index contributed by atoms with van der Waals surface area (Å²) in [6.07, 6.45) is 5.74. The van der Waals surface area contributed by atoms with Gasteiger partial charge in [-0.15, -0.1) is 0 Å². The van der Waals surface area contributed by atoms with Gasteiger partial charge in [-0.25, -0.2) is 4.98 Å². The highest BCUT2D eigenvalue weighted by Gasteiger charge is 2.47. The van der Waals surface area contributed by atoms with Crippen LogP contribution in [0.15, 0.2) is 60.7 Å². The number of halogens is 1. The van der Waals surface area contributed by atoms with Crippen molar-refractivity contribution < 1.29 is 28.9 Å². The number of methoxy groups -OCH3 is 3. The number of aliphatic hydroxyl groups is 1. The molecule has 36 heavy (non-hydrogen) atoms. The smallest absolute Gasteiger partial charge is 0.295 e. The Labute approximate surface area is 213 Å². The number of ketones is 1. The molecule has 1 aromatic heterocycles. The quantitative estimate of drug-likeness (QED) is 0.262. The second-order valence-electron chi connectivity index (χ2n) is 8.08. The normalized spacial score (nSPS) is 16.9. The molecule has 9 nitrogen and oxygen atoms in total. The molecular formula is C26H26ClN3O6.